The molecule has 6 nitrogen and oxygen atoms in total. The molecule has 1 atom stereocenters. The normalized spacial score (nSPS) is 16.5. The summed E-state index contributed by atoms with van der Waals surface area (Å²) >= 11 is 5.79. The topological polar surface area (TPSA) is 82.8 Å². The van der Waals surface area contributed by atoms with Gasteiger partial charge in [0, 0.05) is 24.7 Å². The molecule has 1 aliphatic rings. The van der Waals surface area contributed by atoms with E-state index in [4.69, 9.17) is 16.0 Å². The molecule has 0 bridgehead atoms. The van der Waals surface area contributed by atoms with Crippen LogP contribution in [-0.4, -0.2) is 24.2 Å². The Balaban J connectivity index is 1.77. The van der Waals surface area contributed by atoms with Gasteiger partial charge in [0.25, 0.3) is 0 Å². The minimum atomic E-state index is -1.43. The number of hydrogen-bond donors (Lipinski definition) is 2. The predicted octanol–water partition coefficient (Wildman–Crippen LogP) is 6.39. The van der Waals surface area contributed by atoms with Crippen LogP contribution in [0.4, 0.5) is 16.0 Å². The summed E-state index contributed by atoms with van der Waals surface area (Å²) in [6.07, 6.45) is 1.99. The van der Waals surface area contributed by atoms with Gasteiger partial charge in [-0.25, -0.2) is 9.18 Å². The number of carbonyl (C=O) groups is 1. The van der Waals surface area contributed by atoms with E-state index in [0.717, 1.165) is 31.5 Å². The molecule has 8 heteroatoms. The van der Waals surface area contributed by atoms with Crippen molar-refractivity contribution in [3.8, 4) is 0 Å². The molecule has 1 saturated heterocycles. The highest BCUT2D eigenvalue weighted by atomic mass is 35.5. The quantitative estimate of drug-likeness (QED) is 0.434. The summed E-state index contributed by atoms with van der Waals surface area (Å²) in [6, 6.07) is 7.46. The van der Waals surface area contributed by atoms with Crippen LogP contribution in [0.15, 0.2) is 39.5 Å². The van der Waals surface area contributed by atoms with Crippen LogP contribution in [0.2, 0.25) is 5.02 Å². The Morgan fingerprint density at radius 1 is 1.24 bits per heavy atom. The van der Waals surface area contributed by atoms with Crippen LogP contribution in [0.25, 0.3) is 11.0 Å². The van der Waals surface area contributed by atoms with Gasteiger partial charge in [0.1, 0.15) is 11.1 Å². The lowest BCUT2D eigenvalue weighted by atomic mass is 9.83. The summed E-state index contributed by atoms with van der Waals surface area (Å²) in [5.41, 5.74) is 1.65. The van der Waals surface area contributed by atoms with Crippen LogP contribution in [-0.2, 0) is 0 Å². The number of benzene rings is 2. The van der Waals surface area contributed by atoms with E-state index >= 15 is 0 Å². The molecule has 0 radical (unpaired) electrons. The van der Waals surface area contributed by atoms with Crippen LogP contribution in [0, 0.1) is 18.2 Å². The molecule has 1 aromatic heterocycles. The number of anilines is 2. The minimum absolute atomic E-state index is 0.0910. The molecule has 1 fully saturated rings. The SMILES string of the molecule is Cc1cc(C(C)Nc2ccc(Cl)c(F)c2C(=O)O)c2oc(N3CCC(C)(C)CC3)cc(=O)c2c1. The fourth-order valence-corrected chi connectivity index (χ4v) is 4.58. The molecule has 2 aromatic carbocycles. The lowest BCUT2D eigenvalue weighted by Crippen LogP contribution is -2.37. The molecule has 3 aromatic rings. The third-order valence-electron chi connectivity index (χ3n) is 6.56. The minimum Gasteiger partial charge on any atom is -0.478 e. The fourth-order valence-electron chi connectivity index (χ4n) is 4.42. The first-order chi connectivity index (χ1) is 16.0. The van der Waals surface area contributed by atoms with Gasteiger partial charge in [-0.05, 0) is 55.9 Å². The molecule has 2 heterocycles. The highest BCUT2D eigenvalue weighted by molar-refractivity contribution is 6.31. The second kappa shape index (κ2) is 8.95. The van der Waals surface area contributed by atoms with E-state index in [1.165, 1.54) is 12.1 Å². The molecule has 0 aliphatic carbocycles. The van der Waals surface area contributed by atoms with Crippen LogP contribution >= 0.6 is 11.6 Å². The third kappa shape index (κ3) is 4.62. The zero-order chi connectivity index (χ0) is 24.8. The van der Waals surface area contributed by atoms with Crippen LogP contribution in [0.3, 0.4) is 0 Å². The van der Waals surface area contributed by atoms with Gasteiger partial charge in [-0.1, -0.05) is 31.5 Å². The lowest BCUT2D eigenvalue weighted by Gasteiger charge is -2.37. The number of fused-ring (bicyclic) bond motifs is 1. The van der Waals surface area contributed by atoms with E-state index in [9.17, 15) is 19.1 Å². The Morgan fingerprint density at radius 2 is 1.91 bits per heavy atom. The van der Waals surface area contributed by atoms with Crippen LogP contribution in [0.1, 0.15) is 61.1 Å². The summed E-state index contributed by atoms with van der Waals surface area (Å²) in [4.78, 5) is 26.8. The number of nitrogens with zero attached hydrogens (tertiary/aromatic N) is 1. The van der Waals surface area contributed by atoms with Gasteiger partial charge in [0.05, 0.1) is 22.1 Å². The smallest absolute Gasteiger partial charge is 0.340 e. The zero-order valence-electron chi connectivity index (χ0n) is 19.7. The second-order valence-electron chi connectivity index (χ2n) is 9.79. The molecule has 2 N–H and O–H groups in total. The summed E-state index contributed by atoms with van der Waals surface area (Å²) in [7, 11) is 0. The van der Waals surface area contributed by atoms with Crippen molar-refractivity contribution in [3.05, 3.63) is 68.1 Å². The van der Waals surface area contributed by atoms with Crippen molar-refractivity contribution in [2.45, 2.75) is 46.6 Å². The maximum atomic E-state index is 14.4. The van der Waals surface area contributed by atoms with E-state index in [0.29, 0.717) is 22.4 Å². The average Bonchev–Trinajstić information content (AvgIpc) is 2.76. The number of piperidine rings is 1. The van der Waals surface area contributed by atoms with Gasteiger partial charge in [-0.3, -0.25) is 4.79 Å². The summed E-state index contributed by atoms with van der Waals surface area (Å²) < 4.78 is 20.7. The predicted molar refractivity (Wildman–Crippen MR) is 133 cm³/mol. The van der Waals surface area contributed by atoms with Crippen LogP contribution < -0.4 is 15.6 Å². The standard InChI is InChI=1S/C26H28ClFN2O4/c1-14-11-16(15(2)29-19-6-5-18(27)23(28)22(19)25(32)33)24-17(12-14)20(31)13-21(34-24)30-9-7-26(3,4)8-10-30/h5-6,11-13,15,29H,7-10H2,1-4H3,(H,32,33). The number of hydrogen-bond acceptors (Lipinski definition) is 5. The van der Waals surface area contributed by atoms with Gasteiger partial charge in [0.15, 0.2) is 17.1 Å². The maximum absolute atomic E-state index is 14.4. The molecule has 0 amide bonds. The maximum Gasteiger partial charge on any atom is 0.340 e. The summed E-state index contributed by atoms with van der Waals surface area (Å²) in [6.45, 7) is 9.74. The molecule has 180 valence electrons. The Morgan fingerprint density at radius 3 is 2.56 bits per heavy atom. The Labute approximate surface area is 202 Å². The van der Waals surface area contributed by atoms with Crippen molar-refractivity contribution in [2.75, 3.05) is 23.3 Å². The Bertz CT molecular complexity index is 1320. The largest absolute Gasteiger partial charge is 0.478 e. The number of rotatable bonds is 5. The second-order valence-corrected chi connectivity index (χ2v) is 10.2. The van der Waals surface area contributed by atoms with Gasteiger partial charge in [-0.15, -0.1) is 0 Å². The van der Waals surface area contributed by atoms with E-state index in [1.807, 2.05) is 19.9 Å². The first kappa shape index (κ1) is 24.1. The number of aromatic carboxylic acids is 1. The highest BCUT2D eigenvalue weighted by Gasteiger charge is 2.27. The van der Waals surface area contributed by atoms with Gasteiger partial charge >= 0.3 is 5.97 Å². The van der Waals surface area contributed by atoms with Crippen molar-refractivity contribution in [2.24, 2.45) is 5.41 Å². The van der Waals surface area contributed by atoms with Gasteiger partial charge in [0.2, 0.25) is 0 Å². The monoisotopic (exact) mass is 486 g/mol. The first-order valence-corrected chi connectivity index (χ1v) is 11.7. The zero-order valence-corrected chi connectivity index (χ0v) is 20.4. The van der Waals surface area contributed by atoms with E-state index < -0.39 is 23.4 Å². The van der Waals surface area contributed by atoms with Crippen molar-refractivity contribution >= 4 is 40.1 Å². The van der Waals surface area contributed by atoms with Crippen molar-refractivity contribution < 1.29 is 18.7 Å². The lowest BCUT2D eigenvalue weighted by molar-refractivity contribution is 0.0693. The van der Waals surface area contributed by atoms with Crippen LogP contribution in [0.5, 0.6) is 0 Å². The molecule has 1 unspecified atom stereocenters. The van der Waals surface area contributed by atoms with E-state index in [-0.39, 0.29) is 21.6 Å². The van der Waals surface area contributed by atoms with Gasteiger partial charge in [-0.2, -0.15) is 0 Å². The number of halogens is 2. The van der Waals surface area contributed by atoms with Crippen molar-refractivity contribution in [3.63, 3.8) is 0 Å². The summed E-state index contributed by atoms with van der Waals surface area (Å²) in [5.74, 6) is -1.90. The molecular weight excluding hydrogens is 459 g/mol. The van der Waals surface area contributed by atoms with Crippen molar-refractivity contribution in [1.82, 2.24) is 0 Å². The molecule has 4 rings (SSSR count). The Kier molecular flexibility index (Phi) is 6.34. The molecule has 0 spiro atoms. The van der Waals surface area contributed by atoms with E-state index in [2.05, 4.69) is 24.1 Å². The number of carboxylic acid groups (broad SMARTS) is 1. The van der Waals surface area contributed by atoms with Gasteiger partial charge < -0.3 is 19.7 Å². The highest BCUT2D eigenvalue weighted by Crippen LogP contribution is 2.35. The third-order valence-corrected chi connectivity index (χ3v) is 6.86. The molecular formula is C26H28ClFN2O4. The fraction of sp³-hybridized carbons (Fsp3) is 0.385. The molecule has 1 aliphatic heterocycles. The number of carboxylic acids is 1. The summed E-state index contributed by atoms with van der Waals surface area (Å²) in [5, 5.41) is 12.8. The Hall–Kier alpha value is -3.06. The van der Waals surface area contributed by atoms with Crippen molar-refractivity contribution in [1.29, 1.82) is 0 Å². The first-order valence-electron chi connectivity index (χ1n) is 11.3. The number of nitrogens with one attached hydrogen (secondary N) is 1. The molecule has 0 saturated carbocycles. The molecule has 34 heavy (non-hydrogen) atoms. The number of aryl methyl sites for hydroxylation is 1. The average molecular weight is 487 g/mol. The van der Waals surface area contributed by atoms with E-state index in [1.54, 1.807) is 12.1 Å².